The van der Waals surface area contributed by atoms with Crippen LogP contribution in [-0.2, 0) is 14.3 Å². The molecule has 1 aliphatic heterocycles. The number of hydrogen-bond acceptors (Lipinski definition) is 6. The number of nitro groups is 1. The van der Waals surface area contributed by atoms with Crippen molar-refractivity contribution in [2.45, 2.75) is 44.4 Å². The third-order valence-corrected chi connectivity index (χ3v) is 6.29. The van der Waals surface area contributed by atoms with Crippen LogP contribution in [0.3, 0.4) is 0 Å². The lowest BCUT2D eigenvalue weighted by molar-refractivity contribution is -0.384. The molecule has 0 amide bonds. The molecule has 2 heterocycles. The number of carbonyl (C=O) groups excluding carboxylic acids is 2. The number of ether oxygens (including phenoxy) is 1. The molecule has 158 valence electrons. The Morgan fingerprint density at radius 2 is 1.58 bits per heavy atom. The standard InChI is InChI=1S/C23H18ClNO6/c24-14-11-12(25(28)29)7-8-13(14)17-9-10-20(30-17)23-21-15(26)3-1-5-18(21)31-19-6-2-4-16(27)22(19)23/h7-11,23H,1-6H2. The van der Waals surface area contributed by atoms with Gasteiger partial charge < -0.3 is 9.15 Å². The molecule has 7 nitrogen and oxygen atoms in total. The van der Waals surface area contributed by atoms with Gasteiger partial charge in [-0.1, -0.05) is 11.6 Å². The second-order valence-electron chi connectivity index (χ2n) is 7.89. The number of hydrogen-bond donors (Lipinski definition) is 0. The van der Waals surface area contributed by atoms with Crippen molar-refractivity contribution in [3.63, 3.8) is 0 Å². The molecule has 0 radical (unpaired) electrons. The molecule has 0 bridgehead atoms. The van der Waals surface area contributed by atoms with Crippen LogP contribution in [0, 0.1) is 10.1 Å². The van der Waals surface area contributed by atoms with Gasteiger partial charge in [0.05, 0.1) is 15.9 Å². The second-order valence-corrected chi connectivity index (χ2v) is 8.29. The lowest BCUT2D eigenvalue weighted by Gasteiger charge is -2.34. The number of Topliss-reactive ketones (excluding diaryl/α,β-unsaturated/α-hetero) is 2. The first kappa shape index (κ1) is 19.8. The van der Waals surface area contributed by atoms with Crippen molar-refractivity contribution in [1.82, 2.24) is 0 Å². The minimum Gasteiger partial charge on any atom is -0.465 e. The fourth-order valence-corrected chi connectivity index (χ4v) is 4.84. The molecule has 5 rings (SSSR count). The first-order valence-electron chi connectivity index (χ1n) is 10.2. The van der Waals surface area contributed by atoms with Gasteiger partial charge in [-0.2, -0.15) is 0 Å². The molecule has 31 heavy (non-hydrogen) atoms. The molecule has 0 fully saturated rings. The molecule has 2 aromatic rings. The fraction of sp³-hybridized carbons (Fsp3) is 0.304. The normalized spacial score (nSPS) is 19.3. The molecular weight excluding hydrogens is 422 g/mol. The molecule has 0 spiro atoms. The maximum Gasteiger partial charge on any atom is 0.270 e. The van der Waals surface area contributed by atoms with Crippen LogP contribution in [-0.4, -0.2) is 16.5 Å². The number of furan rings is 1. The molecule has 0 atom stereocenters. The van der Waals surface area contributed by atoms with E-state index in [9.17, 15) is 19.7 Å². The number of carbonyl (C=O) groups is 2. The average molecular weight is 440 g/mol. The zero-order valence-electron chi connectivity index (χ0n) is 16.5. The molecule has 8 heteroatoms. The van der Waals surface area contributed by atoms with Crippen LogP contribution in [0.15, 0.2) is 57.4 Å². The Balaban J connectivity index is 1.60. The van der Waals surface area contributed by atoms with Crippen LogP contribution in [0.5, 0.6) is 0 Å². The molecule has 0 N–H and O–H groups in total. The van der Waals surface area contributed by atoms with Crippen molar-refractivity contribution in [2.75, 3.05) is 0 Å². The topological polar surface area (TPSA) is 99.6 Å². The smallest absolute Gasteiger partial charge is 0.270 e. The summed E-state index contributed by atoms with van der Waals surface area (Å²) in [6, 6.07) is 7.60. The van der Waals surface area contributed by atoms with Gasteiger partial charge in [0.1, 0.15) is 23.0 Å². The van der Waals surface area contributed by atoms with E-state index in [0.717, 1.165) is 12.8 Å². The highest BCUT2D eigenvalue weighted by Crippen LogP contribution is 2.48. The summed E-state index contributed by atoms with van der Waals surface area (Å²) in [7, 11) is 0. The summed E-state index contributed by atoms with van der Waals surface area (Å²) in [6.07, 6.45) is 3.59. The Morgan fingerprint density at radius 1 is 0.935 bits per heavy atom. The van der Waals surface area contributed by atoms with E-state index in [2.05, 4.69) is 0 Å². The number of allylic oxidation sites excluding steroid dienone is 4. The molecule has 2 aliphatic carbocycles. The van der Waals surface area contributed by atoms with Crippen molar-refractivity contribution in [3.8, 4) is 11.3 Å². The number of ketones is 2. The van der Waals surface area contributed by atoms with Crippen molar-refractivity contribution < 1.29 is 23.7 Å². The summed E-state index contributed by atoms with van der Waals surface area (Å²) in [6.45, 7) is 0. The molecule has 3 aliphatic rings. The van der Waals surface area contributed by atoms with E-state index >= 15 is 0 Å². The van der Waals surface area contributed by atoms with E-state index < -0.39 is 10.8 Å². The first-order chi connectivity index (χ1) is 14.9. The van der Waals surface area contributed by atoms with Gasteiger partial charge in [0.15, 0.2) is 11.6 Å². The van der Waals surface area contributed by atoms with E-state index in [4.69, 9.17) is 20.8 Å². The highest BCUT2D eigenvalue weighted by atomic mass is 35.5. The average Bonchev–Trinajstić information content (AvgIpc) is 3.22. The zero-order chi connectivity index (χ0) is 21.7. The van der Waals surface area contributed by atoms with Gasteiger partial charge in [0.25, 0.3) is 5.69 Å². The zero-order valence-corrected chi connectivity index (χ0v) is 17.2. The van der Waals surface area contributed by atoms with Crippen molar-refractivity contribution in [2.24, 2.45) is 0 Å². The number of benzene rings is 1. The lowest BCUT2D eigenvalue weighted by atomic mass is 9.75. The van der Waals surface area contributed by atoms with Crippen LogP contribution in [0.4, 0.5) is 5.69 Å². The summed E-state index contributed by atoms with van der Waals surface area (Å²) in [5, 5.41) is 11.2. The minimum atomic E-state index is -0.593. The maximum atomic E-state index is 12.8. The van der Waals surface area contributed by atoms with Gasteiger partial charge in [-0.3, -0.25) is 19.7 Å². The largest absolute Gasteiger partial charge is 0.465 e. The minimum absolute atomic E-state index is 0.0255. The third kappa shape index (κ3) is 3.29. The highest BCUT2D eigenvalue weighted by Gasteiger charge is 2.43. The van der Waals surface area contributed by atoms with Gasteiger partial charge in [0, 0.05) is 54.5 Å². The SMILES string of the molecule is O=C1CCCC2=C1C(c1ccc(-c3ccc([N+](=O)[O-])cc3Cl)o1)C1=C(CCCC1=O)O2. The van der Waals surface area contributed by atoms with E-state index in [-0.39, 0.29) is 22.3 Å². The van der Waals surface area contributed by atoms with Gasteiger partial charge in [0.2, 0.25) is 0 Å². The summed E-state index contributed by atoms with van der Waals surface area (Å²) >= 11 is 6.26. The van der Waals surface area contributed by atoms with E-state index in [1.54, 1.807) is 12.1 Å². The second kappa shape index (κ2) is 7.50. The Bertz CT molecular complexity index is 1160. The molecule has 0 saturated carbocycles. The Labute approximate surface area is 182 Å². The Hall–Kier alpha value is -3.19. The number of halogens is 1. The van der Waals surface area contributed by atoms with Crippen molar-refractivity contribution >= 4 is 28.9 Å². The number of rotatable bonds is 3. The van der Waals surface area contributed by atoms with E-state index in [1.165, 1.54) is 18.2 Å². The van der Waals surface area contributed by atoms with Gasteiger partial charge in [-0.25, -0.2) is 0 Å². The summed E-state index contributed by atoms with van der Waals surface area (Å²) in [5.41, 5.74) is 1.40. The highest BCUT2D eigenvalue weighted by molar-refractivity contribution is 6.33. The predicted octanol–water partition coefficient (Wildman–Crippen LogP) is 5.64. The summed E-state index contributed by atoms with van der Waals surface area (Å²) in [5.74, 6) is 1.52. The summed E-state index contributed by atoms with van der Waals surface area (Å²) < 4.78 is 12.1. The molecule has 0 saturated heterocycles. The van der Waals surface area contributed by atoms with Crippen LogP contribution >= 0.6 is 11.6 Å². The van der Waals surface area contributed by atoms with Crippen molar-refractivity contribution in [3.05, 3.63) is 73.9 Å². The van der Waals surface area contributed by atoms with Crippen LogP contribution < -0.4 is 0 Å². The molecule has 0 unspecified atom stereocenters. The molecule has 1 aromatic carbocycles. The Morgan fingerprint density at radius 3 is 2.16 bits per heavy atom. The van der Waals surface area contributed by atoms with Crippen LogP contribution in [0.1, 0.15) is 50.2 Å². The van der Waals surface area contributed by atoms with Gasteiger partial charge in [-0.15, -0.1) is 0 Å². The lowest BCUT2D eigenvalue weighted by Crippen LogP contribution is -2.30. The van der Waals surface area contributed by atoms with Crippen molar-refractivity contribution in [1.29, 1.82) is 0 Å². The number of non-ortho nitro benzene ring substituents is 1. The number of nitrogens with zero attached hydrogens (tertiary/aromatic N) is 1. The fourth-order valence-electron chi connectivity index (χ4n) is 4.57. The molecule has 1 aromatic heterocycles. The number of nitro benzene ring substituents is 1. The monoisotopic (exact) mass is 439 g/mol. The molecular formula is C23H18ClNO6. The van der Waals surface area contributed by atoms with Gasteiger partial charge >= 0.3 is 0 Å². The summed E-state index contributed by atoms with van der Waals surface area (Å²) in [4.78, 5) is 36.1. The first-order valence-corrected chi connectivity index (χ1v) is 10.6. The van der Waals surface area contributed by atoms with Gasteiger partial charge in [-0.05, 0) is 31.0 Å². The van der Waals surface area contributed by atoms with E-state index in [0.29, 0.717) is 65.4 Å². The maximum absolute atomic E-state index is 12.8. The third-order valence-electron chi connectivity index (χ3n) is 5.98. The van der Waals surface area contributed by atoms with E-state index in [1.807, 2.05) is 0 Å². The van der Waals surface area contributed by atoms with Crippen LogP contribution in [0.2, 0.25) is 5.02 Å². The van der Waals surface area contributed by atoms with Crippen LogP contribution in [0.25, 0.3) is 11.3 Å². The predicted molar refractivity (Wildman–Crippen MR) is 111 cm³/mol. The Kier molecular flexibility index (Phi) is 4.78. The quantitative estimate of drug-likeness (QED) is 0.453.